The summed E-state index contributed by atoms with van der Waals surface area (Å²) in [5, 5.41) is 2.92. The van der Waals surface area contributed by atoms with Crippen molar-refractivity contribution in [3.05, 3.63) is 0 Å². The summed E-state index contributed by atoms with van der Waals surface area (Å²) in [4.78, 5) is 11.5. The van der Waals surface area contributed by atoms with Gasteiger partial charge >= 0.3 is 0 Å². The molecule has 84 valence electrons. The fourth-order valence-corrected chi connectivity index (χ4v) is 2.21. The maximum atomic E-state index is 11.5. The van der Waals surface area contributed by atoms with Crippen LogP contribution >= 0.6 is 0 Å². The van der Waals surface area contributed by atoms with E-state index in [4.69, 9.17) is 6.42 Å². The summed E-state index contributed by atoms with van der Waals surface area (Å²) in [5.41, 5.74) is 0. The largest absolute Gasteiger partial charge is 0.353 e. The number of carbonyl (C=O) groups excluding carboxylic acids is 1. The quantitative estimate of drug-likeness (QED) is 0.689. The van der Waals surface area contributed by atoms with Crippen molar-refractivity contribution in [1.29, 1.82) is 0 Å². The number of hydrogen-bond donors (Lipinski definition) is 1. The standard InChI is InChI=1S/C13H21NO/c1-3-6-11(2)14-13(15)10-9-12-7-4-5-8-12/h1,11-12H,4-10H2,2H3,(H,14,15). The van der Waals surface area contributed by atoms with Crippen LogP contribution in [0, 0.1) is 18.3 Å². The van der Waals surface area contributed by atoms with Gasteiger partial charge in [0, 0.05) is 18.9 Å². The Hall–Kier alpha value is -0.970. The minimum absolute atomic E-state index is 0.117. The van der Waals surface area contributed by atoms with Crippen molar-refractivity contribution in [3.63, 3.8) is 0 Å². The van der Waals surface area contributed by atoms with Crippen LogP contribution in [0.2, 0.25) is 0 Å². The second-order valence-electron chi connectivity index (χ2n) is 4.57. The van der Waals surface area contributed by atoms with Gasteiger partial charge in [0.1, 0.15) is 0 Å². The highest BCUT2D eigenvalue weighted by atomic mass is 16.1. The van der Waals surface area contributed by atoms with Gasteiger partial charge in [-0.3, -0.25) is 4.79 Å². The van der Waals surface area contributed by atoms with Crippen LogP contribution < -0.4 is 5.32 Å². The van der Waals surface area contributed by atoms with E-state index in [2.05, 4.69) is 11.2 Å². The number of rotatable bonds is 5. The van der Waals surface area contributed by atoms with Gasteiger partial charge < -0.3 is 5.32 Å². The van der Waals surface area contributed by atoms with Gasteiger partial charge in [0.25, 0.3) is 0 Å². The van der Waals surface area contributed by atoms with Gasteiger partial charge in [0.05, 0.1) is 0 Å². The first-order valence-corrected chi connectivity index (χ1v) is 5.95. The SMILES string of the molecule is C#CCC(C)NC(=O)CCC1CCCC1. The molecule has 0 radical (unpaired) electrons. The molecule has 0 aromatic carbocycles. The van der Waals surface area contributed by atoms with E-state index in [1.54, 1.807) is 0 Å². The van der Waals surface area contributed by atoms with Crippen molar-refractivity contribution in [1.82, 2.24) is 5.32 Å². The minimum Gasteiger partial charge on any atom is -0.353 e. The molecule has 0 heterocycles. The van der Waals surface area contributed by atoms with E-state index in [0.29, 0.717) is 12.8 Å². The second kappa shape index (κ2) is 6.50. The normalized spacial score (nSPS) is 18.4. The second-order valence-corrected chi connectivity index (χ2v) is 4.57. The maximum Gasteiger partial charge on any atom is 0.220 e. The molecule has 0 spiro atoms. The molecule has 0 saturated heterocycles. The number of hydrogen-bond acceptors (Lipinski definition) is 1. The Kier molecular flexibility index (Phi) is 5.25. The molecule has 0 aromatic heterocycles. The first-order valence-electron chi connectivity index (χ1n) is 5.95. The monoisotopic (exact) mass is 207 g/mol. The number of nitrogens with one attached hydrogen (secondary N) is 1. The predicted octanol–water partition coefficient (Wildman–Crippen LogP) is 2.48. The number of carbonyl (C=O) groups is 1. The molecule has 1 amide bonds. The Bertz CT molecular complexity index is 235. The number of terminal acetylenes is 1. The van der Waals surface area contributed by atoms with Crippen LogP contribution in [0.15, 0.2) is 0 Å². The average molecular weight is 207 g/mol. The van der Waals surface area contributed by atoms with Crippen molar-refractivity contribution >= 4 is 5.91 Å². The van der Waals surface area contributed by atoms with Gasteiger partial charge in [0.2, 0.25) is 5.91 Å². The van der Waals surface area contributed by atoms with Crippen LogP contribution in [-0.4, -0.2) is 11.9 Å². The third kappa shape index (κ3) is 4.88. The van der Waals surface area contributed by atoms with E-state index in [9.17, 15) is 4.79 Å². The van der Waals surface area contributed by atoms with Gasteiger partial charge in [-0.05, 0) is 19.3 Å². The summed E-state index contributed by atoms with van der Waals surface area (Å²) in [6.07, 6.45) is 12.8. The van der Waals surface area contributed by atoms with Gasteiger partial charge in [-0.2, -0.15) is 0 Å². The van der Waals surface area contributed by atoms with E-state index in [1.807, 2.05) is 6.92 Å². The molecule has 1 rings (SSSR count). The number of amides is 1. The van der Waals surface area contributed by atoms with Crippen molar-refractivity contribution in [2.45, 2.75) is 57.9 Å². The van der Waals surface area contributed by atoms with Gasteiger partial charge in [-0.1, -0.05) is 25.7 Å². The van der Waals surface area contributed by atoms with E-state index in [1.165, 1.54) is 25.7 Å². The molecule has 1 unspecified atom stereocenters. The average Bonchev–Trinajstić information content (AvgIpc) is 2.67. The first-order chi connectivity index (χ1) is 7.22. The highest BCUT2D eigenvalue weighted by molar-refractivity contribution is 5.76. The molecule has 2 nitrogen and oxygen atoms in total. The van der Waals surface area contributed by atoms with Gasteiger partial charge in [-0.15, -0.1) is 12.3 Å². The minimum atomic E-state index is 0.117. The summed E-state index contributed by atoms with van der Waals surface area (Å²) in [5.74, 6) is 3.50. The molecule has 2 heteroatoms. The first kappa shape index (κ1) is 12.1. The molecule has 0 aromatic rings. The zero-order chi connectivity index (χ0) is 11.1. The molecule has 1 aliphatic rings. The zero-order valence-electron chi connectivity index (χ0n) is 9.59. The van der Waals surface area contributed by atoms with Crippen LogP contribution in [0.5, 0.6) is 0 Å². The zero-order valence-corrected chi connectivity index (χ0v) is 9.59. The Balaban J connectivity index is 2.10. The smallest absolute Gasteiger partial charge is 0.220 e. The molecule has 15 heavy (non-hydrogen) atoms. The summed E-state index contributed by atoms with van der Waals surface area (Å²) in [6, 6.07) is 0.117. The molecule has 1 saturated carbocycles. The summed E-state index contributed by atoms with van der Waals surface area (Å²) >= 11 is 0. The molecule has 1 aliphatic carbocycles. The van der Waals surface area contributed by atoms with E-state index >= 15 is 0 Å². The van der Waals surface area contributed by atoms with Crippen molar-refractivity contribution in [3.8, 4) is 12.3 Å². The molecule has 1 fully saturated rings. The van der Waals surface area contributed by atoms with Crippen molar-refractivity contribution in [2.75, 3.05) is 0 Å². The Labute approximate surface area is 92.8 Å². The van der Waals surface area contributed by atoms with Crippen LogP contribution in [0.25, 0.3) is 0 Å². The Morgan fingerprint density at radius 2 is 2.20 bits per heavy atom. The Morgan fingerprint density at radius 3 is 2.80 bits per heavy atom. The molecule has 0 aliphatic heterocycles. The predicted molar refractivity (Wildman–Crippen MR) is 62.2 cm³/mol. The lowest BCUT2D eigenvalue weighted by Crippen LogP contribution is -2.32. The van der Waals surface area contributed by atoms with E-state index in [0.717, 1.165) is 12.3 Å². The lowest BCUT2D eigenvalue weighted by atomic mass is 10.0. The highest BCUT2D eigenvalue weighted by Gasteiger charge is 2.16. The summed E-state index contributed by atoms with van der Waals surface area (Å²) < 4.78 is 0. The molecule has 1 atom stereocenters. The van der Waals surface area contributed by atoms with Crippen molar-refractivity contribution < 1.29 is 4.79 Å². The van der Waals surface area contributed by atoms with E-state index in [-0.39, 0.29) is 11.9 Å². The van der Waals surface area contributed by atoms with E-state index < -0.39 is 0 Å². The maximum absolute atomic E-state index is 11.5. The molecular formula is C13H21NO. The summed E-state index contributed by atoms with van der Waals surface area (Å²) in [7, 11) is 0. The fraction of sp³-hybridized carbons (Fsp3) is 0.769. The fourth-order valence-electron chi connectivity index (χ4n) is 2.21. The topological polar surface area (TPSA) is 29.1 Å². The molecule has 0 bridgehead atoms. The third-order valence-electron chi connectivity index (χ3n) is 3.09. The lowest BCUT2D eigenvalue weighted by Gasteiger charge is -2.12. The van der Waals surface area contributed by atoms with Crippen LogP contribution in [0.3, 0.4) is 0 Å². The highest BCUT2D eigenvalue weighted by Crippen LogP contribution is 2.28. The van der Waals surface area contributed by atoms with Crippen LogP contribution in [-0.2, 0) is 4.79 Å². The van der Waals surface area contributed by atoms with Gasteiger partial charge in [0.15, 0.2) is 0 Å². The van der Waals surface area contributed by atoms with Crippen LogP contribution in [0.4, 0.5) is 0 Å². The van der Waals surface area contributed by atoms with Crippen molar-refractivity contribution in [2.24, 2.45) is 5.92 Å². The molecule has 1 N–H and O–H groups in total. The Morgan fingerprint density at radius 1 is 1.53 bits per heavy atom. The van der Waals surface area contributed by atoms with Gasteiger partial charge in [-0.25, -0.2) is 0 Å². The summed E-state index contributed by atoms with van der Waals surface area (Å²) in [6.45, 7) is 1.95. The molecular weight excluding hydrogens is 186 g/mol. The van der Waals surface area contributed by atoms with Crippen LogP contribution in [0.1, 0.15) is 51.9 Å². The lowest BCUT2D eigenvalue weighted by molar-refractivity contribution is -0.121. The third-order valence-corrected chi connectivity index (χ3v) is 3.09.